The van der Waals surface area contributed by atoms with Crippen LogP contribution in [0.2, 0.25) is 0 Å². The Labute approximate surface area is 248 Å². The van der Waals surface area contributed by atoms with Gasteiger partial charge in [-0.2, -0.15) is 0 Å². The van der Waals surface area contributed by atoms with Crippen LogP contribution in [0.1, 0.15) is 5.56 Å². The maximum absolute atomic E-state index is 7.91. The summed E-state index contributed by atoms with van der Waals surface area (Å²) in [7, 11) is 0. The van der Waals surface area contributed by atoms with Crippen molar-refractivity contribution in [1.82, 2.24) is 9.13 Å². The third kappa shape index (κ3) is 3.68. The molecule has 8 rings (SSSR count). The molecule has 0 spiro atoms. The van der Waals surface area contributed by atoms with Crippen molar-refractivity contribution in [3.63, 3.8) is 0 Å². The fourth-order valence-electron chi connectivity index (χ4n) is 6.58. The minimum absolute atomic E-state index is 0.483. The van der Waals surface area contributed by atoms with E-state index in [2.05, 4.69) is 128 Å². The van der Waals surface area contributed by atoms with Crippen LogP contribution in [0.4, 0.5) is 11.4 Å². The highest BCUT2D eigenvalue weighted by Crippen LogP contribution is 2.41. The molecule has 0 saturated carbocycles. The first kappa shape index (κ1) is 24.7. The molecule has 0 atom stereocenters. The van der Waals surface area contributed by atoms with E-state index in [9.17, 15) is 0 Å². The van der Waals surface area contributed by atoms with Crippen LogP contribution in [0.3, 0.4) is 0 Å². The number of fused-ring (bicyclic) bond motifs is 6. The molecular weight excluding hydrogens is 524 g/mol. The molecule has 6 aromatic carbocycles. The van der Waals surface area contributed by atoms with Gasteiger partial charge in [-0.15, -0.1) is 0 Å². The molecule has 200 valence electrons. The molecule has 4 nitrogen and oxygen atoms in total. The normalized spacial score (nSPS) is 11.3. The number of aryl methyl sites for hydroxylation is 1. The van der Waals surface area contributed by atoms with Gasteiger partial charge >= 0.3 is 0 Å². The smallest absolute Gasteiger partial charge is 0.200 e. The Kier molecular flexibility index (Phi) is 5.44. The summed E-state index contributed by atoms with van der Waals surface area (Å²) < 4.78 is 4.53. The third-order valence-corrected chi connectivity index (χ3v) is 8.43. The van der Waals surface area contributed by atoms with Gasteiger partial charge in [0.25, 0.3) is 0 Å². The second-order valence-corrected chi connectivity index (χ2v) is 10.9. The molecule has 0 unspecified atom stereocenters. The van der Waals surface area contributed by atoms with Crippen LogP contribution in [0.25, 0.3) is 75.8 Å². The molecule has 2 heterocycles. The van der Waals surface area contributed by atoms with E-state index in [1.807, 2.05) is 19.1 Å². The zero-order valence-corrected chi connectivity index (χ0v) is 23.4. The van der Waals surface area contributed by atoms with Crippen LogP contribution in [0.5, 0.6) is 0 Å². The summed E-state index contributed by atoms with van der Waals surface area (Å²) >= 11 is 0. The Morgan fingerprint density at radius 2 is 1.09 bits per heavy atom. The highest BCUT2D eigenvalue weighted by Gasteiger charge is 2.19. The molecule has 2 aromatic heterocycles. The lowest BCUT2D eigenvalue weighted by atomic mass is 10.0. The summed E-state index contributed by atoms with van der Waals surface area (Å²) in [5, 5.41) is 4.72. The van der Waals surface area contributed by atoms with Crippen molar-refractivity contribution in [3.05, 3.63) is 156 Å². The summed E-state index contributed by atoms with van der Waals surface area (Å²) in [5.41, 5.74) is 10.6. The first-order valence-corrected chi connectivity index (χ1v) is 14.2. The number of rotatable bonds is 3. The molecule has 0 aliphatic heterocycles. The van der Waals surface area contributed by atoms with E-state index in [-0.39, 0.29) is 0 Å². The predicted molar refractivity (Wildman–Crippen MR) is 178 cm³/mol. The number of hydrogen-bond donors (Lipinski definition) is 0. The Morgan fingerprint density at radius 1 is 0.488 bits per heavy atom. The summed E-state index contributed by atoms with van der Waals surface area (Å²) in [6.45, 7) is 17.4. The first-order valence-electron chi connectivity index (χ1n) is 14.2. The fraction of sp³-hybridized carbons (Fsp3) is 0.0256. The van der Waals surface area contributed by atoms with E-state index >= 15 is 0 Å². The Morgan fingerprint density at radius 3 is 1.84 bits per heavy atom. The van der Waals surface area contributed by atoms with Crippen molar-refractivity contribution in [3.8, 4) is 22.5 Å². The molecule has 0 radical (unpaired) electrons. The summed E-state index contributed by atoms with van der Waals surface area (Å²) in [5.74, 6) is 0. The third-order valence-electron chi connectivity index (χ3n) is 8.43. The van der Waals surface area contributed by atoms with Gasteiger partial charge in [0.15, 0.2) is 5.69 Å². The Hall–Kier alpha value is -6.10. The molecule has 0 amide bonds. The highest BCUT2D eigenvalue weighted by atomic mass is 15.0. The summed E-state index contributed by atoms with van der Waals surface area (Å²) in [6, 6.07) is 44.4. The summed E-state index contributed by atoms with van der Waals surface area (Å²) in [6.07, 6.45) is 0. The van der Waals surface area contributed by atoms with Gasteiger partial charge < -0.3 is 9.13 Å². The van der Waals surface area contributed by atoms with Gasteiger partial charge in [0, 0.05) is 27.2 Å². The van der Waals surface area contributed by atoms with Crippen molar-refractivity contribution in [1.29, 1.82) is 0 Å². The van der Waals surface area contributed by atoms with E-state index in [1.165, 1.54) is 21.8 Å². The average molecular weight is 549 g/mol. The van der Waals surface area contributed by atoms with Gasteiger partial charge in [-0.05, 0) is 72.1 Å². The molecule has 4 heteroatoms. The van der Waals surface area contributed by atoms with E-state index in [0.717, 1.165) is 49.9 Å². The largest absolute Gasteiger partial charge is 0.319 e. The van der Waals surface area contributed by atoms with Gasteiger partial charge in [-0.1, -0.05) is 78.9 Å². The Balaban J connectivity index is 1.38. The van der Waals surface area contributed by atoms with Crippen molar-refractivity contribution in [2.75, 3.05) is 0 Å². The number of para-hydroxylation sites is 3. The summed E-state index contributed by atoms with van der Waals surface area (Å²) in [4.78, 5) is 7.43. The number of benzene rings is 6. The van der Waals surface area contributed by atoms with Crippen molar-refractivity contribution in [2.24, 2.45) is 0 Å². The monoisotopic (exact) mass is 548 g/mol. The van der Waals surface area contributed by atoms with Crippen LogP contribution in [-0.2, 0) is 0 Å². The second-order valence-electron chi connectivity index (χ2n) is 10.9. The van der Waals surface area contributed by atoms with E-state index in [0.29, 0.717) is 11.4 Å². The van der Waals surface area contributed by atoms with Gasteiger partial charge in [0.2, 0.25) is 5.69 Å². The van der Waals surface area contributed by atoms with Gasteiger partial charge in [0.1, 0.15) is 0 Å². The standard InChI is InChI=1S/C39H24N4/c1-25-21-28(40-2)24-34(41-3)39(25)43-36-16-10-8-14-31(36)33-22-26(18-20-37(33)43)27-17-19-32-30-13-7-9-15-35(30)42(38(32)23-27)29-11-5-4-6-12-29/h4-24H,1H3. The zero-order valence-electron chi connectivity index (χ0n) is 23.4. The average Bonchev–Trinajstić information content (AvgIpc) is 3.56. The molecule has 0 bridgehead atoms. The lowest BCUT2D eigenvalue weighted by Gasteiger charge is -2.14. The van der Waals surface area contributed by atoms with E-state index in [4.69, 9.17) is 13.1 Å². The quantitative estimate of drug-likeness (QED) is 0.196. The number of nitrogens with zero attached hydrogens (tertiary/aromatic N) is 4. The number of aromatic nitrogens is 2. The van der Waals surface area contributed by atoms with Crippen LogP contribution in [0.15, 0.2) is 127 Å². The molecule has 0 aliphatic carbocycles. The van der Waals surface area contributed by atoms with Crippen LogP contribution in [-0.4, -0.2) is 9.13 Å². The molecule has 0 aliphatic rings. The van der Waals surface area contributed by atoms with Crippen molar-refractivity contribution < 1.29 is 0 Å². The van der Waals surface area contributed by atoms with Crippen molar-refractivity contribution in [2.45, 2.75) is 6.92 Å². The topological polar surface area (TPSA) is 18.6 Å². The van der Waals surface area contributed by atoms with Gasteiger partial charge in [0.05, 0.1) is 40.9 Å². The van der Waals surface area contributed by atoms with Crippen LogP contribution < -0.4 is 0 Å². The minimum atomic E-state index is 0.483. The number of hydrogen-bond acceptors (Lipinski definition) is 0. The molecule has 0 N–H and O–H groups in total. The second kappa shape index (κ2) is 9.48. The fourth-order valence-corrected chi connectivity index (χ4v) is 6.58. The zero-order chi connectivity index (χ0) is 29.1. The minimum Gasteiger partial charge on any atom is -0.319 e. The first-order chi connectivity index (χ1) is 21.2. The lowest BCUT2D eigenvalue weighted by molar-refractivity contribution is 1.16. The maximum Gasteiger partial charge on any atom is 0.200 e. The van der Waals surface area contributed by atoms with Crippen LogP contribution >= 0.6 is 0 Å². The maximum atomic E-state index is 7.91. The van der Waals surface area contributed by atoms with Gasteiger partial charge in [-0.3, -0.25) is 0 Å². The molecule has 8 aromatic rings. The molecule has 43 heavy (non-hydrogen) atoms. The lowest BCUT2D eigenvalue weighted by Crippen LogP contribution is -1.97. The van der Waals surface area contributed by atoms with Crippen LogP contribution in [0, 0.1) is 20.1 Å². The van der Waals surface area contributed by atoms with Crippen molar-refractivity contribution >= 4 is 55.0 Å². The van der Waals surface area contributed by atoms with Gasteiger partial charge in [-0.25, -0.2) is 9.69 Å². The predicted octanol–water partition coefficient (Wildman–Crippen LogP) is 11.0. The molecule has 0 fully saturated rings. The van der Waals surface area contributed by atoms with E-state index < -0.39 is 0 Å². The van der Waals surface area contributed by atoms with E-state index in [1.54, 1.807) is 6.07 Å². The Bertz CT molecular complexity index is 2480. The SMILES string of the molecule is [C-]#[N+]c1cc(C)c(-n2c3ccccc3c3cc(-c4ccc5c6ccccc6n(-c6ccccc6)c5c4)ccc32)c([N+]#[C-])c1. The highest BCUT2D eigenvalue weighted by molar-refractivity contribution is 6.12. The molecule has 0 saturated heterocycles. The molecular formula is C39H24N4.